The molecule has 0 saturated carbocycles. The molecule has 0 saturated heterocycles. The fourth-order valence-electron chi connectivity index (χ4n) is 0.284. The molecule has 10 nitrogen and oxygen atoms in total. The van der Waals surface area contributed by atoms with Crippen molar-refractivity contribution in [2.45, 2.75) is 0 Å². The molecule has 0 aromatic heterocycles. The van der Waals surface area contributed by atoms with Gasteiger partial charge in [0.1, 0.15) is 0 Å². The van der Waals surface area contributed by atoms with Crippen molar-refractivity contribution in [3.8, 4) is 0 Å². The quantitative estimate of drug-likeness (QED) is 0.216. The van der Waals surface area contributed by atoms with E-state index in [0.717, 1.165) is 0 Å². The molecular formula is H10InO10P3Sr. The van der Waals surface area contributed by atoms with E-state index in [1.54, 1.807) is 0 Å². The van der Waals surface area contributed by atoms with Crippen LogP contribution in [0, 0.1) is 0 Å². The first-order valence-electron chi connectivity index (χ1n) is 2.28. The standard InChI is InChI=1S/In.H5O10P3.Sr.5H/c;1-11(2,3)9-13(7,8)10-12(4,5)6;;;;;;/h;(H,7,8)(H2,1,2,3)(H2,4,5,6);;;;;;. The first-order valence-corrected chi connectivity index (χ1v) is 6.83. The third-order valence-corrected chi connectivity index (χ3v) is 3.77. The van der Waals surface area contributed by atoms with Gasteiger partial charge in [-0.05, 0) is 0 Å². The molecule has 0 heterocycles. The van der Waals surface area contributed by atoms with Crippen molar-refractivity contribution in [2.75, 3.05) is 0 Å². The second-order valence-corrected chi connectivity index (χ2v) is 5.82. The second-order valence-electron chi connectivity index (χ2n) is 1.61. The molecule has 0 atom stereocenters. The Morgan fingerprint density at radius 3 is 1.07 bits per heavy atom. The molecule has 0 aromatic rings. The molecule has 0 fully saturated rings. The van der Waals surface area contributed by atoms with E-state index in [1.165, 1.54) is 0 Å². The van der Waals surface area contributed by atoms with E-state index < -0.39 is 23.5 Å². The molecule has 15 heteroatoms. The van der Waals surface area contributed by atoms with Crippen molar-refractivity contribution < 1.29 is 46.8 Å². The van der Waals surface area contributed by atoms with Gasteiger partial charge in [-0.25, -0.2) is 13.7 Å². The summed E-state index contributed by atoms with van der Waals surface area (Å²) in [6.07, 6.45) is 0. The first-order chi connectivity index (χ1) is 5.41. The van der Waals surface area contributed by atoms with E-state index in [9.17, 15) is 13.7 Å². The van der Waals surface area contributed by atoms with E-state index in [4.69, 9.17) is 24.5 Å². The summed E-state index contributed by atoms with van der Waals surface area (Å²) in [5.41, 5.74) is 0. The van der Waals surface area contributed by atoms with Crippen LogP contribution < -0.4 is 0 Å². The first kappa shape index (κ1) is 22.9. The van der Waals surface area contributed by atoms with Gasteiger partial charge in [-0.2, -0.15) is 8.62 Å². The van der Waals surface area contributed by atoms with Crippen LogP contribution >= 0.6 is 23.5 Å². The molecule has 90 valence electrons. The summed E-state index contributed by atoms with van der Waals surface area (Å²) in [6.45, 7) is 0. The van der Waals surface area contributed by atoms with Gasteiger partial charge in [0.25, 0.3) is 0 Å². The maximum absolute atomic E-state index is 10.4. The third-order valence-electron chi connectivity index (χ3n) is 0.419. The molecule has 0 aliphatic carbocycles. The van der Waals surface area contributed by atoms with Crippen LogP contribution in [0.5, 0.6) is 0 Å². The van der Waals surface area contributed by atoms with Crippen LogP contribution in [0.3, 0.4) is 0 Å². The van der Waals surface area contributed by atoms with E-state index in [0.29, 0.717) is 0 Å². The monoisotopic (exact) mass is 466 g/mol. The summed E-state index contributed by atoms with van der Waals surface area (Å²) >= 11 is 0. The summed E-state index contributed by atoms with van der Waals surface area (Å²) in [5, 5.41) is 0. The van der Waals surface area contributed by atoms with Crippen LogP contribution in [-0.4, -0.2) is 95.8 Å². The molecule has 0 unspecified atom stereocenters. The Hall–Kier alpha value is 2.76. The third kappa shape index (κ3) is 16.8. The zero-order chi connectivity index (χ0) is 10.9. The Morgan fingerprint density at radius 1 is 0.733 bits per heavy atom. The predicted molar refractivity (Wildman–Crippen MR) is 54.6 cm³/mol. The summed E-state index contributed by atoms with van der Waals surface area (Å²) in [7, 11) is -16.2. The summed E-state index contributed by atoms with van der Waals surface area (Å²) in [4.78, 5) is 40.2. The average Bonchev–Trinajstić information content (AvgIpc) is 1.43. The number of hydrogen-bond donors (Lipinski definition) is 5. The van der Waals surface area contributed by atoms with Gasteiger partial charge >= 0.3 is 94.8 Å². The van der Waals surface area contributed by atoms with Crippen LogP contribution in [0.4, 0.5) is 0 Å². The second kappa shape index (κ2) is 8.04. The fourth-order valence-corrected chi connectivity index (χ4v) is 2.82. The van der Waals surface area contributed by atoms with E-state index in [1.807, 2.05) is 0 Å². The van der Waals surface area contributed by atoms with Gasteiger partial charge in [0.2, 0.25) is 0 Å². The molecule has 15 heavy (non-hydrogen) atoms. The van der Waals surface area contributed by atoms with Gasteiger partial charge in [-0.1, -0.05) is 0 Å². The number of phosphoric acid groups is 3. The SMILES string of the molecule is O=P(O)(O)OP(=O)(O)OP(=O)(O)O.[InH3].[SrH2]. The molecule has 0 rings (SSSR count). The van der Waals surface area contributed by atoms with Gasteiger partial charge in [0.15, 0.2) is 0 Å². The zero-order valence-electron chi connectivity index (χ0n) is 5.62. The molecule has 0 spiro atoms. The van der Waals surface area contributed by atoms with E-state index in [-0.39, 0.29) is 71.3 Å². The Kier molecular flexibility index (Phi) is 12.3. The van der Waals surface area contributed by atoms with Gasteiger partial charge in [0.05, 0.1) is 0 Å². The number of hydrogen-bond acceptors (Lipinski definition) is 5. The van der Waals surface area contributed by atoms with Crippen LogP contribution in [0.25, 0.3) is 0 Å². The van der Waals surface area contributed by atoms with Gasteiger partial charge in [0, 0.05) is 0 Å². The fraction of sp³-hybridized carbons (Fsp3) is 0. The van der Waals surface area contributed by atoms with Crippen molar-refractivity contribution in [2.24, 2.45) is 0 Å². The van der Waals surface area contributed by atoms with E-state index >= 15 is 0 Å². The minimum atomic E-state index is -5.46. The normalized spacial score (nSPS) is 12.6. The topological polar surface area (TPSA) is 171 Å². The molecule has 0 amide bonds. The van der Waals surface area contributed by atoms with Crippen LogP contribution in [0.1, 0.15) is 0 Å². The molecule has 0 aliphatic heterocycles. The van der Waals surface area contributed by atoms with Crippen molar-refractivity contribution in [1.82, 2.24) is 0 Å². The van der Waals surface area contributed by atoms with Gasteiger partial charge < -0.3 is 24.5 Å². The molecule has 5 N–H and O–H groups in total. The Bertz CT molecular complexity index is 283. The van der Waals surface area contributed by atoms with Crippen LogP contribution in [0.2, 0.25) is 0 Å². The Balaban J connectivity index is -0.000000720. The van der Waals surface area contributed by atoms with Crippen molar-refractivity contribution in [3.63, 3.8) is 0 Å². The molecular weight excluding hydrogens is 455 g/mol. The van der Waals surface area contributed by atoms with Crippen molar-refractivity contribution >= 4 is 94.8 Å². The minimum absolute atomic E-state index is 0. The average molecular weight is 465 g/mol. The zero-order valence-corrected chi connectivity index (χ0v) is 8.30. The Morgan fingerprint density at radius 2 is 0.933 bits per heavy atom. The summed E-state index contributed by atoms with van der Waals surface area (Å²) in [6, 6.07) is 0. The molecule has 0 bridgehead atoms. The predicted octanol–water partition coefficient (Wildman–Crippen LogP) is -2.79. The van der Waals surface area contributed by atoms with Crippen LogP contribution in [-0.2, 0) is 22.3 Å². The molecule has 0 aliphatic rings. The van der Waals surface area contributed by atoms with E-state index in [2.05, 4.69) is 8.62 Å². The van der Waals surface area contributed by atoms with Gasteiger partial charge in [-0.3, -0.25) is 0 Å². The Labute approximate surface area is 140 Å². The number of rotatable bonds is 4. The van der Waals surface area contributed by atoms with Crippen LogP contribution in [0.15, 0.2) is 0 Å². The summed E-state index contributed by atoms with van der Waals surface area (Å²) in [5.74, 6) is 0. The van der Waals surface area contributed by atoms with Crippen molar-refractivity contribution in [1.29, 1.82) is 0 Å². The van der Waals surface area contributed by atoms with Gasteiger partial charge in [-0.15, -0.1) is 0 Å². The molecule has 0 aromatic carbocycles. The maximum atomic E-state index is 10.4. The molecule has 0 radical (unpaired) electrons. The summed E-state index contributed by atoms with van der Waals surface area (Å²) < 4.78 is 36.4. The van der Waals surface area contributed by atoms with Crippen molar-refractivity contribution in [3.05, 3.63) is 0 Å².